The van der Waals surface area contributed by atoms with Crippen molar-refractivity contribution < 1.29 is 4.92 Å². The summed E-state index contributed by atoms with van der Waals surface area (Å²) in [6, 6.07) is 14.9. The number of likely N-dealkylation sites (tertiary alicyclic amines) is 1. The maximum absolute atomic E-state index is 11.1. The SMILES string of the molecule is CSC1=C(c2ccc(Cl)cc2)S[C@H](N2CCCCC2)N1c1ccc([N+](=O)[O-])cc1. The molecule has 0 amide bonds. The van der Waals surface area contributed by atoms with Crippen LogP contribution in [-0.2, 0) is 0 Å². The maximum atomic E-state index is 11.1. The second-order valence-electron chi connectivity index (χ2n) is 7.03. The largest absolute Gasteiger partial charge is 0.309 e. The molecule has 8 heteroatoms. The van der Waals surface area contributed by atoms with Crippen LogP contribution in [0, 0.1) is 10.1 Å². The highest BCUT2D eigenvalue weighted by Crippen LogP contribution is 2.51. The average molecular weight is 448 g/mol. The normalized spacial score (nSPS) is 20.3. The van der Waals surface area contributed by atoms with Gasteiger partial charge in [-0.25, -0.2) is 0 Å². The third-order valence-corrected chi connectivity index (χ3v) is 7.75. The summed E-state index contributed by atoms with van der Waals surface area (Å²) in [6.45, 7) is 2.13. The van der Waals surface area contributed by atoms with Gasteiger partial charge in [0.2, 0.25) is 0 Å². The summed E-state index contributed by atoms with van der Waals surface area (Å²) >= 11 is 9.67. The van der Waals surface area contributed by atoms with E-state index in [4.69, 9.17) is 11.6 Å². The van der Waals surface area contributed by atoms with E-state index in [2.05, 4.69) is 28.2 Å². The fourth-order valence-corrected chi connectivity index (χ4v) is 6.43. The predicted octanol–water partition coefficient (Wildman–Crippen LogP) is 6.26. The first kappa shape index (κ1) is 20.6. The second kappa shape index (κ2) is 9.00. The van der Waals surface area contributed by atoms with Crippen molar-refractivity contribution in [3.8, 4) is 0 Å². The monoisotopic (exact) mass is 447 g/mol. The fourth-order valence-electron chi connectivity index (χ4n) is 3.76. The van der Waals surface area contributed by atoms with Crippen LogP contribution in [0.3, 0.4) is 0 Å². The van der Waals surface area contributed by atoms with Gasteiger partial charge >= 0.3 is 0 Å². The van der Waals surface area contributed by atoms with Crippen LogP contribution < -0.4 is 4.90 Å². The molecule has 2 aliphatic heterocycles. The molecule has 0 radical (unpaired) electrons. The number of nitro groups is 1. The van der Waals surface area contributed by atoms with E-state index in [0.717, 1.165) is 29.4 Å². The van der Waals surface area contributed by atoms with Crippen molar-refractivity contribution >= 4 is 51.4 Å². The topological polar surface area (TPSA) is 49.6 Å². The minimum Gasteiger partial charge on any atom is -0.309 e. The third kappa shape index (κ3) is 4.28. The van der Waals surface area contributed by atoms with E-state index >= 15 is 0 Å². The Labute approximate surface area is 184 Å². The number of hydrogen-bond acceptors (Lipinski definition) is 6. The van der Waals surface area contributed by atoms with Gasteiger partial charge in [-0.05, 0) is 48.9 Å². The zero-order valence-electron chi connectivity index (χ0n) is 16.1. The molecular weight excluding hydrogens is 426 g/mol. The van der Waals surface area contributed by atoms with Crippen LogP contribution in [0.25, 0.3) is 4.91 Å². The number of halogens is 1. The Bertz CT molecular complexity index is 913. The zero-order chi connectivity index (χ0) is 20.4. The lowest BCUT2D eigenvalue weighted by Crippen LogP contribution is -2.45. The fraction of sp³-hybridized carbons (Fsp3) is 0.333. The minimum absolute atomic E-state index is 0.114. The number of piperidine rings is 1. The molecule has 152 valence electrons. The molecule has 0 aromatic heterocycles. The Hall–Kier alpha value is -1.67. The number of non-ortho nitro benzene ring substituents is 1. The maximum Gasteiger partial charge on any atom is 0.269 e. The smallest absolute Gasteiger partial charge is 0.269 e. The van der Waals surface area contributed by atoms with Crippen LogP contribution in [0.2, 0.25) is 5.02 Å². The molecule has 1 atom stereocenters. The summed E-state index contributed by atoms with van der Waals surface area (Å²) < 4.78 is 0. The number of nitrogens with zero attached hydrogens (tertiary/aromatic N) is 3. The predicted molar refractivity (Wildman–Crippen MR) is 124 cm³/mol. The molecule has 4 rings (SSSR count). The van der Waals surface area contributed by atoms with Crippen LogP contribution in [0.15, 0.2) is 53.6 Å². The van der Waals surface area contributed by atoms with Gasteiger partial charge in [-0.2, -0.15) is 0 Å². The van der Waals surface area contributed by atoms with E-state index in [1.165, 1.54) is 29.2 Å². The van der Waals surface area contributed by atoms with Crippen LogP contribution in [0.4, 0.5) is 11.4 Å². The van der Waals surface area contributed by atoms with E-state index in [-0.39, 0.29) is 16.1 Å². The molecule has 2 heterocycles. The number of anilines is 1. The van der Waals surface area contributed by atoms with Gasteiger partial charge in [0.15, 0.2) is 0 Å². The van der Waals surface area contributed by atoms with E-state index < -0.39 is 0 Å². The number of nitro benzene ring substituents is 1. The van der Waals surface area contributed by atoms with Crippen molar-refractivity contribution in [3.63, 3.8) is 0 Å². The quantitative estimate of drug-likeness (QED) is 0.398. The van der Waals surface area contributed by atoms with Crippen molar-refractivity contribution in [1.29, 1.82) is 0 Å². The number of thioether (sulfide) groups is 2. The Morgan fingerprint density at radius 1 is 1.07 bits per heavy atom. The average Bonchev–Trinajstić information content (AvgIpc) is 3.14. The lowest BCUT2D eigenvalue weighted by Gasteiger charge is -2.38. The Morgan fingerprint density at radius 3 is 2.31 bits per heavy atom. The Balaban J connectivity index is 1.76. The van der Waals surface area contributed by atoms with Gasteiger partial charge < -0.3 is 4.90 Å². The van der Waals surface area contributed by atoms with Crippen molar-refractivity contribution in [2.45, 2.75) is 24.8 Å². The molecule has 29 heavy (non-hydrogen) atoms. The van der Waals surface area contributed by atoms with Gasteiger partial charge in [-0.15, -0.1) is 11.8 Å². The highest BCUT2D eigenvalue weighted by molar-refractivity contribution is 8.12. The first-order valence-corrected chi connectivity index (χ1v) is 12.1. The lowest BCUT2D eigenvalue weighted by molar-refractivity contribution is -0.384. The highest BCUT2D eigenvalue weighted by atomic mass is 35.5. The zero-order valence-corrected chi connectivity index (χ0v) is 18.5. The van der Waals surface area contributed by atoms with Gasteiger partial charge in [0, 0.05) is 40.8 Å². The van der Waals surface area contributed by atoms with Gasteiger partial charge in [0.25, 0.3) is 5.69 Å². The molecule has 0 aliphatic carbocycles. The Morgan fingerprint density at radius 2 is 1.72 bits per heavy atom. The summed E-state index contributed by atoms with van der Waals surface area (Å²) in [5, 5.41) is 13.0. The molecule has 1 fully saturated rings. The van der Waals surface area contributed by atoms with Crippen LogP contribution in [0.1, 0.15) is 24.8 Å². The van der Waals surface area contributed by atoms with Crippen molar-refractivity contribution in [3.05, 3.63) is 74.3 Å². The van der Waals surface area contributed by atoms with Gasteiger partial charge in [-0.1, -0.05) is 41.9 Å². The molecule has 0 N–H and O–H groups in total. The summed E-state index contributed by atoms with van der Waals surface area (Å²) in [4.78, 5) is 16.8. The molecule has 2 aliphatic rings. The standard InChI is InChI=1S/C21H22ClN3O2S2/c1-28-20-19(15-5-7-16(22)8-6-15)29-21(23-13-3-2-4-14-23)24(20)17-9-11-18(12-10-17)25(26)27/h5-12,21H,2-4,13-14H2,1H3/t21-/m1/s1. The minimum atomic E-state index is -0.352. The molecule has 2 aromatic rings. The number of hydrogen-bond donors (Lipinski definition) is 0. The van der Waals surface area contributed by atoms with Gasteiger partial charge in [-0.3, -0.25) is 15.0 Å². The molecular formula is C21H22ClN3O2S2. The van der Waals surface area contributed by atoms with Crippen LogP contribution in [-0.4, -0.2) is 34.7 Å². The van der Waals surface area contributed by atoms with Crippen molar-refractivity contribution in [2.24, 2.45) is 0 Å². The van der Waals surface area contributed by atoms with E-state index in [1.807, 2.05) is 36.0 Å². The van der Waals surface area contributed by atoms with Crippen LogP contribution in [0.5, 0.6) is 0 Å². The van der Waals surface area contributed by atoms with Gasteiger partial charge in [0.1, 0.15) is 5.50 Å². The van der Waals surface area contributed by atoms with E-state index in [1.54, 1.807) is 23.9 Å². The van der Waals surface area contributed by atoms with Crippen molar-refractivity contribution in [1.82, 2.24) is 4.90 Å². The first-order valence-electron chi connectivity index (χ1n) is 9.57. The number of benzene rings is 2. The molecule has 2 aromatic carbocycles. The Kier molecular flexibility index (Phi) is 6.39. The lowest BCUT2D eigenvalue weighted by atomic mass is 10.1. The third-order valence-electron chi connectivity index (χ3n) is 5.20. The molecule has 0 saturated carbocycles. The van der Waals surface area contributed by atoms with Crippen LogP contribution >= 0.6 is 35.1 Å². The summed E-state index contributed by atoms with van der Waals surface area (Å²) in [5.74, 6) is 0. The molecule has 1 saturated heterocycles. The summed E-state index contributed by atoms with van der Waals surface area (Å²) in [5.41, 5.74) is 2.38. The molecule has 0 unspecified atom stereocenters. The second-order valence-corrected chi connectivity index (χ2v) is 9.33. The molecule has 5 nitrogen and oxygen atoms in total. The number of rotatable bonds is 5. The molecule has 0 bridgehead atoms. The summed E-state index contributed by atoms with van der Waals surface area (Å²) in [6.07, 6.45) is 5.77. The highest BCUT2D eigenvalue weighted by Gasteiger charge is 2.38. The molecule has 0 spiro atoms. The van der Waals surface area contributed by atoms with Gasteiger partial charge in [0.05, 0.1) is 9.95 Å². The first-order chi connectivity index (χ1) is 14.1. The van der Waals surface area contributed by atoms with E-state index in [0.29, 0.717) is 0 Å². The van der Waals surface area contributed by atoms with Crippen molar-refractivity contribution in [2.75, 3.05) is 24.2 Å². The van der Waals surface area contributed by atoms with E-state index in [9.17, 15) is 10.1 Å². The summed E-state index contributed by atoms with van der Waals surface area (Å²) in [7, 11) is 0.